The van der Waals surface area contributed by atoms with Crippen LogP contribution in [-0.2, 0) is 35.2 Å². The Morgan fingerprint density at radius 1 is 1.00 bits per heavy atom. The van der Waals surface area contributed by atoms with Gasteiger partial charge in [-0.3, -0.25) is 14.5 Å². The highest BCUT2D eigenvalue weighted by Gasteiger charge is 2.44. The quantitative estimate of drug-likeness (QED) is 0.335. The molecular formula is C29H44N2O7. The molecule has 2 amide bonds. The number of carbonyl (C=O) groups excluding carboxylic acids is 4. The van der Waals surface area contributed by atoms with Crippen LogP contribution >= 0.6 is 0 Å². The van der Waals surface area contributed by atoms with Crippen LogP contribution in [0.1, 0.15) is 80.2 Å². The minimum absolute atomic E-state index is 0.107. The average molecular weight is 533 g/mol. The minimum atomic E-state index is -1.02. The molecule has 2 unspecified atom stereocenters. The van der Waals surface area contributed by atoms with Crippen molar-refractivity contribution in [1.29, 1.82) is 0 Å². The van der Waals surface area contributed by atoms with Crippen LogP contribution in [0.5, 0.6) is 0 Å². The second kappa shape index (κ2) is 13.1. The number of carbonyl (C=O) groups is 4. The summed E-state index contributed by atoms with van der Waals surface area (Å²) >= 11 is 0. The van der Waals surface area contributed by atoms with Crippen LogP contribution in [0.3, 0.4) is 0 Å². The van der Waals surface area contributed by atoms with Crippen LogP contribution in [0, 0.1) is 5.92 Å². The summed E-state index contributed by atoms with van der Waals surface area (Å²) in [4.78, 5) is 55.9. The summed E-state index contributed by atoms with van der Waals surface area (Å²) in [6.45, 7) is 14.1. The van der Waals surface area contributed by atoms with Gasteiger partial charge in [-0.05, 0) is 65.9 Å². The SMILES string of the molecule is CCC(C)C(C(=O)N1CCC[C@H]1C(=O)OCc1ccccc1)N(CC(=O)OC(C)(C)C)C(=O)OC(C)(C)C. The number of nitrogens with zero attached hydrogens (tertiary/aromatic N) is 2. The van der Waals surface area contributed by atoms with E-state index in [2.05, 4.69) is 0 Å². The van der Waals surface area contributed by atoms with Crippen LogP contribution < -0.4 is 0 Å². The van der Waals surface area contributed by atoms with E-state index in [9.17, 15) is 19.2 Å². The van der Waals surface area contributed by atoms with Gasteiger partial charge in [0.15, 0.2) is 0 Å². The molecule has 3 atom stereocenters. The molecule has 212 valence electrons. The molecule has 1 fully saturated rings. The van der Waals surface area contributed by atoms with Crippen LogP contribution in [0.15, 0.2) is 30.3 Å². The first-order valence-electron chi connectivity index (χ1n) is 13.4. The summed E-state index contributed by atoms with van der Waals surface area (Å²) in [7, 11) is 0. The van der Waals surface area contributed by atoms with Crippen molar-refractivity contribution < 1.29 is 33.4 Å². The van der Waals surface area contributed by atoms with Crippen molar-refractivity contribution in [3.05, 3.63) is 35.9 Å². The fraction of sp³-hybridized carbons (Fsp3) is 0.655. The maximum Gasteiger partial charge on any atom is 0.411 e. The molecule has 0 aromatic heterocycles. The van der Waals surface area contributed by atoms with Crippen molar-refractivity contribution >= 4 is 23.9 Å². The van der Waals surface area contributed by atoms with Gasteiger partial charge in [-0.1, -0.05) is 50.6 Å². The summed E-state index contributed by atoms with van der Waals surface area (Å²) < 4.78 is 16.6. The number of hydrogen-bond acceptors (Lipinski definition) is 7. The number of amides is 2. The smallest absolute Gasteiger partial charge is 0.411 e. The molecular weight excluding hydrogens is 488 g/mol. The third kappa shape index (κ3) is 9.33. The Balaban J connectivity index is 2.32. The first kappa shape index (κ1) is 31.1. The molecule has 1 aromatic rings. The molecule has 1 aromatic carbocycles. The summed E-state index contributed by atoms with van der Waals surface area (Å²) in [5, 5.41) is 0. The molecule has 1 saturated heterocycles. The lowest BCUT2D eigenvalue weighted by Crippen LogP contribution is -2.58. The Labute approximate surface area is 226 Å². The second-order valence-electron chi connectivity index (χ2n) is 11.8. The van der Waals surface area contributed by atoms with Crippen molar-refractivity contribution in [2.75, 3.05) is 13.1 Å². The Morgan fingerprint density at radius 2 is 1.61 bits per heavy atom. The molecule has 0 N–H and O–H groups in total. The zero-order valence-electron chi connectivity index (χ0n) is 24.1. The molecule has 0 bridgehead atoms. The summed E-state index contributed by atoms with van der Waals surface area (Å²) in [5.41, 5.74) is -0.763. The highest BCUT2D eigenvalue weighted by molar-refractivity contribution is 5.91. The van der Waals surface area contributed by atoms with Gasteiger partial charge in [0.25, 0.3) is 0 Å². The number of likely N-dealkylation sites (tertiary alicyclic amines) is 1. The fourth-order valence-electron chi connectivity index (χ4n) is 4.29. The number of benzene rings is 1. The van der Waals surface area contributed by atoms with Gasteiger partial charge in [-0.15, -0.1) is 0 Å². The van der Waals surface area contributed by atoms with Crippen LogP contribution in [-0.4, -0.2) is 70.1 Å². The summed E-state index contributed by atoms with van der Waals surface area (Å²) in [5.74, 6) is -1.87. The number of hydrogen-bond donors (Lipinski definition) is 0. The molecule has 1 heterocycles. The Morgan fingerprint density at radius 3 is 2.16 bits per heavy atom. The molecule has 9 nitrogen and oxygen atoms in total. The Hall–Kier alpha value is -3.10. The first-order chi connectivity index (χ1) is 17.6. The predicted molar refractivity (Wildman–Crippen MR) is 143 cm³/mol. The fourth-order valence-corrected chi connectivity index (χ4v) is 4.29. The van der Waals surface area contributed by atoms with Crippen molar-refractivity contribution in [3.63, 3.8) is 0 Å². The van der Waals surface area contributed by atoms with E-state index in [1.165, 1.54) is 4.90 Å². The maximum atomic E-state index is 14.0. The zero-order valence-corrected chi connectivity index (χ0v) is 24.1. The van der Waals surface area contributed by atoms with Crippen molar-refractivity contribution in [2.24, 2.45) is 5.92 Å². The standard InChI is InChI=1S/C29H44N2O7/c1-9-20(2)24(31(27(35)38-29(6,7)8)18-23(32)37-28(3,4)5)25(33)30-17-13-16-22(30)26(34)36-19-21-14-11-10-12-15-21/h10-12,14-15,20,22,24H,9,13,16-19H2,1-8H3/t20?,22-,24?/m0/s1. The molecule has 38 heavy (non-hydrogen) atoms. The average Bonchev–Trinajstić information content (AvgIpc) is 3.30. The van der Waals surface area contributed by atoms with E-state index in [1.54, 1.807) is 41.5 Å². The molecule has 9 heteroatoms. The highest BCUT2D eigenvalue weighted by Crippen LogP contribution is 2.27. The Bertz CT molecular complexity index is 965. The normalized spacial score (nSPS) is 17.4. The van der Waals surface area contributed by atoms with Crippen LogP contribution in [0.25, 0.3) is 0 Å². The number of rotatable bonds is 9. The summed E-state index contributed by atoms with van der Waals surface area (Å²) in [6.07, 6.45) is 0.860. The monoisotopic (exact) mass is 532 g/mol. The Kier molecular flexibility index (Phi) is 10.7. The van der Waals surface area contributed by atoms with Gasteiger partial charge < -0.3 is 19.1 Å². The number of esters is 2. The van der Waals surface area contributed by atoms with E-state index < -0.39 is 53.8 Å². The maximum absolute atomic E-state index is 14.0. The van der Waals surface area contributed by atoms with Crippen LogP contribution in [0.2, 0.25) is 0 Å². The highest BCUT2D eigenvalue weighted by atomic mass is 16.6. The van der Waals surface area contributed by atoms with E-state index >= 15 is 0 Å². The first-order valence-corrected chi connectivity index (χ1v) is 13.4. The lowest BCUT2D eigenvalue weighted by molar-refractivity contribution is -0.160. The predicted octanol–water partition coefficient (Wildman–Crippen LogP) is 4.71. The van der Waals surface area contributed by atoms with Crippen molar-refractivity contribution in [2.45, 2.75) is 105 Å². The van der Waals surface area contributed by atoms with Crippen molar-refractivity contribution in [1.82, 2.24) is 9.80 Å². The van der Waals surface area contributed by atoms with E-state index in [0.29, 0.717) is 25.8 Å². The topological polar surface area (TPSA) is 102 Å². The molecule has 0 spiro atoms. The van der Waals surface area contributed by atoms with Gasteiger partial charge in [-0.2, -0.15) is 0 Å². The van der Waals surface area contributed by atoms with Gasteiger partial charge >= 0.3 is 18.0 Å². The van der Waals surface area contributed by atoms with Gasteiger partial charge in [0.05, 0.1) is 0 Å². The van der Waals surface area contributed by atoms with E-state index in [1.807, 2.05) is 44.2 Å². The van der Waals surface area contributed by atoms with Gasteiger partial charge in [-0.25, -0.2) is 9.59 Å². The molecule has 0 saturated carbocycles. The third-order valence-corrected chi connectivity index (χ3v) is 6.15. The number of ether oxygens (including phenoxy) is 3. The molecule has 2 rings (SSSR count). The van der Waals surface area contributed by atoms with E-state index in [4.69, 9.17) is 14.2 Å². The van der Waals surface area contributed by atoms with Crippen LogP contribution in [0.4, 0.5) is 4.79 Å². The van der Waals surface area contributed by atoms with E-state index in [-0.39, 0.29) is 12.5 Å². The minimum Gasteiger partial charge on any atom is -0.459 e. The third-order valence-electron chi connectivity index (χ3n) is 6.15. The largest absolute Gasteiger partial charge is 0.459 e. The molecule has 0 radical (unpaired) electrons. The lowest BCUT2D eigenvalue weighted by Gasteiger charge is -2.38. The van der Waals surface area contributed by atoms with E-state index in [0.717, 1.165) is 10.5 Å². The molecule has 1 aliphatic heterocycles. The van der Waals surface area contributed by atoms with Gasteiger partial charge in [0.1, 0.15) is 36.4 Å². The zero-order chi connectivity index (χ0) is 28.7. The second-order valence-corrected chi connectivity index (χ2v) is 11.8. The molecule has 0 aliphatic carbocycles. The van der Waals surface area contributed by atoms with Crippen molar-refractivity contribution in [3.8, 4) is 0 Å². The van der Waals surface area contributed by atoms with Gasteiger partial charge in [0, 0.05) is 6.54 Å². The summed E-state index contributed by atoms with van der Waals surface area (Å²) in [6, 6.07) is 7.54. The molecule has 1 aliphatic rings. The van der Waals surface area contributed by atoms with Gasteiger partial charge in [0.2, 0.25) is 5.91 Å². The lowest BCUT2D eigenvalue weighted by atomic mass is 9.96.